The van der Waals surface area contributed by atoms with Crippen molar-refractivity contribution >= 4 is 5.57 Å². The van der Waals surface area contributed by atoms with Gasteiger partial charge in [0.2, 0.25) is 0 Å². The topological polar surface area (TPSA) is 21.7 Å². The molecule has 0 atom stereocenters. The lowest BCUT2D eigenvalue weighted by atomic mass is 10.0. The van der Waals surface area contributed by atoms with Gasteiger partial charge in [0.15, 0.2) is 0 Å². The van der Waals surface area contributed by atoms with Crippen LogP contribution in [0.25, 0.3) is 5.57 Å². The average Bonchev–Trinajstić information content (AvgIpc) is 2.57. The molecule has 1 aromatic carbocycles. The van der Waals surface area contributed by atoms with Crippen molar-refractivity contribution in [1.82, 2.24) is 4.90 Å². The van der Waals surface area contributed by atoms with Crippen LogP contribution in [0.1, 0.15) is 31.7 Å². The summed E-state index contributed by atoms with van der Waals surface area (Å²) in [6, 6.07) is 10.7. The Labute approximate surface area is 134 Å². The van der Waals surface area contributed by atoms with E-state index in [1.807, 2.05) is 0 Å². The zero-order valence-electron chi connectivity index (χ0n) is 14.0. The maximum atomic E-state index is 5.84. The Morgan fingerprint density at radius 1 is 1.18 bits per heavy atom. The summed E-state index contributed by atoms with van der Waals surface area (Å²) in [6.07, 6.45) is 6.09. The van der Waals surface area contributed by atoms with Crippen molar-refractivity contribution in [2.45, 2.75) is 32.3 Å². The summed E-state index contributed by atoms with van der Waals surface area (Å²) in [5.74, 6) is 0. The quantitative estimate of drug-likeness (QED) is 0.685. The molecule has 0 amide bonds. The van der Waals surface area contributed by atoms with Crippen LogP contribution in [0.5, 0.6) is 0 Å². The zero-order valence-corrected chi connectivity index (χ0v) is 14.0. The maximum absolute atomic E-state index is 5.84. The van der Waals surface area contributed by atoms with E-state index in [0.29, 0.717) is 19.3 Å². The van der Waals surface area contributed by atoms with Crippen LogP contribution in [0.15, 0.2) is 36.4 Å². The first-order chi connectivity index (χ1) is 10.8. The van der Waals surface area contributed by atoms with E-state index in [-0.39, 0.29) is 0 Å². The highest BCUT2D eigenvalue weighted by atomic mass is 16.5. The molecular weight excluding hydrogens is 274 g/mol. The van der Waals surface area contributed by atoms with Crippen molar-refractivity contribution < 1.29 is 9.47 Å². The van der Waals surface area contributed by atoms with Crippen LogP contribution in [0.4, 0.5) is 0 Å². The Balaban J connectivity index is 1.82. The second-order valence-electron chi connectivity index (χ2n) is 5.84. The van der Waals surface area contributed by atoms with Gasteiger partial charge in [-0.3, -0.25) is 4.90 Å². The zero-order chi connectivity index (χ0) is 15.6. The van der Waals surface area contributed by atoms with Gasteiger partial charge < -0.3 is 9.47 Å². The predicted octanol–water partition coefficient (Wildman–Crippen LogP) is 3.61. The lowest BCUT2D eigenvalue weighted by molar-refractivity contribution is -0.0128. The summed E-state index contributed by atoms with van der Waals surface area (Å²) in [4.78, 5) is 2.55. The van der Waals surface area contributed by atoms with E-state index >= 15 is 0 Å². The van der Waals surface area contributed by atoms with E-state index in [2.05, 4.69) is 48.2 Å². The molecule has 0 radical (unpaired) electrons. The van der Waals surface area contributed by atoms with E-state index in [1.54, 1.807) is 7.11 Å². The molecule has 0 unspecified atom stereocenters. The number of hydrogen-bond acceptors (Lipinski definition) is 3. The molecule has 1 fully saturated rings. The van der Waals surface area contributed by atoms with Crippen molar-refractivity contribution in [2.24, 2.45) is 0 Å². The summed E-state index contributed by atoms with van der Waals surface area (Å²) in [6.45, 7) is 6.89. The van der Waals surface area contributed by atoms with Gasteiger partial charge in [0.05, 0.1) is 19.3 Å². The van der Waals surface area contributed by atoms with E-state index in [9.17, 15) is 0 Å². The minimum atomic E-state index is 0.404. The normalized spacial score (nSPS) is 17.8. The van der Waals surface area contributed by atoms with Gasteiger partial charge >= 0.3 is 0 Å². The van der Waals surface area contributed by atoms with Crippen molar-refractivity contribution in [1.29, 1.82) is 0 Å². The SMILES string of the molecule is CCC=C(CN1CCC(OCCOC)CC1)c1ccccc1. The molecule has 3 nitrogen and oxygen atoms in total. The first kappa shape index (κ1) is 17.2. The lowest BCUT2D eigenvalue weighted by Gasteiger charge is -2.32. The third kappa shape index (κ3) is 5.56. The Bertz CT molecular complexity index is 436. The summed E-state index contributed by atoms with van der Waals surface area (Å²) in [7, 11) is 1.72. The molecular formula is C19H29NO2. The Hall–Kier alpha value is -1.16. The fourth-order valence-electron chi connectivity index (χ4n) is 2.95. The number of methoxy groups -OCH3 is 1. The number of allylic oxidation sites excluding steroid dienone is 1. The number of benzene rings is 1. The molecule has 0 N–H and O–H groups in total. The van der Waals surface area contributed by atoms with E-state index in [1.165, 1.54) is 11.1 Å². The van der Waals surface area contributed by atoms with E-state index in [0.717, 1.165) is 38.9 Å². The fourth-order valence-corrected chi connectivity index (χ4v) is 2.95. The number of piperidine rings is 1. The number of ether oxygens (including phenoxy) is 2. The largest absolute Gasteiger partial charge is 0.382 e. The molecule has 0 spiro atoms. The van der Waals surface area contributed by atoms with Crippen LogP contribution in [0.2, 0.25) is 0 Å². The Morgan fingerprint density at radius 3 is 2.55 bits per heavy atom. The van der Waals surface area contributed by atoms with Gasteiger partial charge in [-0.25, -0.2) is 0 Å². The summed E-state index contributed by atoms with van der Waals surface area (Å²) < 4.78 is 10.9. The monoisotopic (exact) mass is 303 g/mol. The molecule has 0 aromatic heterocycles. The van der Waals surface area contributed by atoms with Gasteiger partial charge in [0.25, 0.3) is 0 Å². The van der Waals surface area contributed by atoms with Gasteiger partial charge in [0, 0.05) is 26.7 Å². The van der Waals surface area contributed by atoms with Crippen molar-refractivity contribution in [2.75, 3.05) is 40.0 Å². The van der Waals surface area contributed by atoms with Crippen LogP contribution in [-0.4, -0.2) is 51.0 Å². The minimum absolute atomic E-state index is 0.404. The highest BCUT2D eigenvalue weighted by molar-refractivity contribution is 5.66. The molecule has 3 heteroatoms. The molecule has 22 heavy (non-hydrogen) atoms. The molecule has 2 rings (SSSR count). The van der Waals surface area contributed by atoms with Crippen molar-refractivity contribution in [3.63, 3.8) is 0 Å². The molecule has 0 bridgehead atoms. The lowest BCUT2D eigenvalue weighted by Crippen LogP contribution is -2.38. The second kappa shape index (κ2) is 9.78. The summed E-state index contributed by atoms with van der Waals surface area (Å²) >= 11 is 0. The fraction of sp³-hybridized carbons (Fsp3) is 0.579. The smallest absolute Gasteiger partial charge is 0.0704 e. The minimum Gasteiger partial charge on any atom is -0.382 e. The first-order valence-electron chi connectivity index (χ1n) is 8.40. The standard InChI is InChI=1S/C19H29NO2/c1-3-7-18(17-8-5-4-6-9-17)16-20-12-10-19(11-13-20)22-15-14-21-2/h4-9,19H,3,10-16H2,1-2H3. The maximum Gasteiger partial charge on any atom is 0.0704 e. The predicted molar refractivity (Wildman–Crippen MR) is 92.0 cm³/mol. The molecule has 1 aliphatic heterocycles. The van der Waals surface area contributed by atoms with Gasteiger partial charge in [0.1, 0.15) is 0 Å². The number of hydrogen-bond donors (Lipinski definition) is 0. The number of likely N-dealkylation sites (tertiary alicyclic amines) is 1. The van der Waals surface area contributed by atoms with Gasteiger partial charge in [-0.1, -0.05) is 43.3 Å². The van der Waals surface area contributed by atoms with Crippen LogP contribution in [0.3, 0.4) is 0 Å². The van der Waals surface area contributed by atoms with Gasteiger partial charge in [-0.15, -0.1) is 0 Å². The highest BCUT2D eigenvalue weighted by Gasteiger charge is 2.20. The third-order valence-electron chi connectivity index (χ3n) is 4.16. The number of nitrogens with zero attached hydrogens (tertiary/aromatic N) is 1. The van der Waals surface area contributed by atoms with Crippen LogP contribution >= 0.6 is 0 Å². The molecule has 1 heterocycles. The van der Waals surface area contributed by atoms with E-state index in [4.69, 9.17) is 9.47 Å². The molecule has 0 saturated carbocycles. The molecule has 1 aliphatic rings. The van der Waals surface area contributed by atoms with E-state index < -0.39 is 0 Å². The van der Waals surface area contributed by atoms with Gasteiger partial charge in [-0.2, -0.15) is 0 Å². The third-order valence-corrected chi connectivity index (χ3v) is 4.16. The second-order valence-corrected chi connectivity index (χ2v) is 5.84. The Morgan fingerprint density at radius 2 is 1.91 bits per heavy atom. The van der Waals surface area contributed by atoms with Gasteiger partial charge in [-0.05, 0) is 30.4 Å². The van der Waals surface area contributed by atoms with Crippen LogP contribution in [0, 0.1) is 0 Å². The van der Waals surface area contributed by atoms with Crippen molar-refractivity contribution in [3.05, 3.63) is 42.0 Å². The first-order valence-corrected chi connectivity index (χ1v) is 8.40. The molecule has 0 aliphatic carbocycles. The molecule has 1 saturated heterocycles. The highest BCUT2D eigenvalue weighted by Crippen LogP contribution is 2.20. The average molecular weight is 303 g/mol. The van der Waals surface area contributed by atoms with Crippen LogP contribution in [-0.2, 0) is 9.47 Å². The molecule has 1 aromatic rings. The number of rotatable bonds is 8. The molecule has 122 valence electrons. The Kier molecular flexibility index (Phi) is 7.64. The van der Waals surface area contributed by atoms with Crippen molar-refractivity contribution in [3.8, 4) is 0 Å². The van der Waals surface area contributed by atoms with Crippen LogP contribution < -0.4 is 0 Å². The summed E-state index contributed by atoms with van der Waals surface area (Å²) in [5, 5.41) is 0. The summed E-state index contributed by atoms with van der Waals surface area (Å²) in [5.41, 5.74) is 2.80.